The molecule has 0 bridgehead atoms. The van der Waals surface area contributed by atoms with Gasteiger partial charge in [-0.25, -0.2) is 4.98 Å². The highest BCUT2D eigenvalue weighted by Crippen LogP contribution is 2.26. The lowest BCUT2D eigenvalue weighted by Crippen LogP contribution is -2.49. The molecular formula is C18H23N3O3. The van der Waals surface area contributed by atoms with Crippen LogP contribution in [0.15, 0.2) is 41.5 Å². The molecule has 1 N–H and O–H groups in total. The second kappa shape index (κ2) is 6.65. The summed E-state index contributed by atoms with van der Waals surface area (Å²) in [5.74, 6) is 1.24. The Morgan fingerprint density at radius 2 is 2.00 bits per heavy atom. The summed E-state index contributed by atoms with van der Waals surface area (Å²) in [6, 6.07) is 7.78. The number of benzene rings is 1. The largest absolute Gasteiger partial charge is 0.490 e. The van der Waals surface area contributed by atoms with E-state index in [1.54, 1.807) is 19.4 Å². The van der Waals surface area contributed by atoms with E-state index in [1.807, 2.05) is 36.1 Å². The molecule has 2 aromatic rings. The Morgan fingerprint density at radius 1 is 1.29 bits per heavy atom. The normalized spacial score (nSPS) is 16.9. The number of aryl methyl sites for hydroxylation is 2. The van der Waals surface area contributed by atoms with Gasteiger partial charge in [0, 0.05) is 32.5 Å². The average molecular weight is 329 g/mol. The molecule has 6 nitrogen and oxygen atoms in total. The number of aromatic nitrogens is 2. The van der Waals surface area contributed by atoms with Gasteiger partial charge in [0.05, 0.1) is 0 Å². The van der Waals surface area contributed by atoms with Crippen molar-refractivity contribution in [3.05, 3.63) is 52.6 Å². The van der Waals surface area contributed by atoms with Crippen molar-refractivity contribution in [2.24, 2.45) is 7.05 Å². The number of ether oxygens (including phenoxy) is 1. The van der Waals surface area contributed by atoms with Crippen molar-refractivity contribution in [3.8, 4) is 5.75 Å². The number of anilines is 1. The Kier molecular flexibility index (Phi) is 4.57. The van der Waals surface area contributed by atoms with Crippen LogP contribution in [-0.2, 0) is 7.05 Å². The van der Waals surface area contributed by atoms with Crippen LogP contribution < -0.4 is 15.2 Å². The highest BCUT2D eigenvalue weighted by Gasteiger charge is 2.34. The maximum atomic E-state index is 12.1. The second-order valence-electron chi connectivity index (χ2n) is 6.43. The lowest BCUT2D eigenvalue weighted by atomic mass is 9.92. The van der Waals surface area contributed by atoms with Crippen molar-refractivity contribution in [2.45, 2.75) is 25.4 Å². The molecule has 1 aliphatic heterocycles. The topological polar surface area (TPSA) is 67.6 Å². The molecule has 0 radical (unpaired) electrons. The molecule has 0 aliphatic carbocycles. The van der Waals surface area contributed by atoms with Crippen LogP contribution >= 0.6 is 0 Å². The monoisotopic (exact) mass is 329 g/mol. The molecule has 1 aromatic heterocycles. The number of para-hydroxylation sites is 1. The standard InChI is InChI=1S/C18H23N3O3/c1-14-5-3-4-6-15(14)24-13-18(23)7-10-21(11-8-18)16-17(22)20(2)12-9-19-16/h3-6,9,12,23H,7-8,10-11,13H2,1-2H3. The summed E-state index contributed by atoms with van der Waals surface area (Å²) < 4.78 is 7.33. The molecule has 0 amide bonds. The van der Waals surface area contributed by atoms with Crippen molar-refractivity contribution >= 4 is 5.82 Å². The zero-order valence-electron chi connectivity index (χ0n) is 14.1. The van der Waals surface area contributed by atoms with Crippen molar-refractivity contribution < 1.29 is 9.84 Å². The van der Waals surface area contributed by atoms with E-state index < -0.39 is 5.60 Å². The van der Waals surface area contributed by atoms with E-state index in [0.717, 1.165) is 11.3 Å². The van der Waals surface area contributed by atoms with Crippen molar-refractivity contribution in [2.75, 3.05) is 24.6 Å². The molecular weight excluding hydrogens is 306 g/mol. The number of aliphatic hydroxyl groups is 1. The minimum Gasteiger partial charge on any atom is -0.490 e. The Hall–Kier alpha value is -2.34. The van der Waals surface area contributed by atoms with Crippen molar-refractivity contribution in [1.82, 2.24) is 9.55 Å². The first-order valence-electron chi connectivity index (χ1n) is 8.16. The molecule has 24 heavy (non-hydrogen) atoms. The third-order valence-corrected chi connectivity index (χ3v) is 4.58. The molecule has 6 heteroatoms. The van der Waals surface area contributed by atoms with E-state index in [-0.39, 0.29) is 12.2 Å². The third-order valence-electron chi connectivity index (χ3n) is 4.58. The first-order chi connectivity index (χ1) is 11.5. The Morgan fingerprint density at radius 3 is 2.71 bits per heavy atom. The summed E-state index contributed by atoms with van der Waals surface area (Å²) in [6.07, 6.45) is 4.35. The van der Waals surface area contributed by atoms with E-state index >= 15 is 0 Å². The summed E-state index contributed by atoms with van der Waals surface area (Å²) in [5.41, 5.74) is 0.0633. The summed E-state index contributed by atoms with van der Waals surface area (Å²) in [4.78, 5) is 18.3. The Balaban J connectivity index is 1.62. The van der Waals surface area contributed by atoms with Crippen LogP contribution in [-0.4, -0.2) is 40.0 Å². The van der Waals surface area contributed by atoms with Gasteiger partial charge in [-0.05, 0) is 31.4 Å². The maximum absolute atomic E-state index is 12.1. The lowest BCUT2D eigenvalue weighted by Gasteiger charge is -2.38. The van der Waals surface area contributed by atoms with Crippen LogP contribution in [0.3, 0.4) is 0 Å². The number of hydrogen-bond acceptors (Lipinski definition) is 5. The average Bonchev–Trinajstić information content (AvgIpc) is 2.58. The number of nitrogens with zero attached hydrogens (tertiary/aromatic N) is 3. The van der Waals surface area contributed by atoms with Crippen LogP contribution in [0, 0.1) is 6.92 Å². The van der Waals surface area contributed by atoms with Gasteiger partial charge in [-0.15, -0.1) is 0 Å². The first kappa shape index (κ1) is 16.5. The van der Waals surface area contributed by atoms with E-state index in [0.29, 0.717) is 31.7 Å². The van der Waals surface area contributed by atoms with E-state index in [1.165, 1.54) is 4.57 Å². The van der Waals surface area contributed by atoms with Crippen LogP contribution in [0.4, 0.5) is 5.82 Å². The summed E-state index contributed by atoms with van der Waals surface area (Å²) in [7, 11) is 1.71. The second-order valence-corrected chi connectivity index (χ2v) is 6.43. The molecule has 2 heterocycles. The van der Waals surface area contributed by atoms with Crippen LogP contribution in [0.5, 0.6) is 5.75 Å². The molecule has 0 atom stereocenters. The lowest BCUT2D eigenvalue weighted by molar-refractivity contribution is -0.0244. The van der Waals surface area contributed by atoms with Crippen LogP contribution in [0.1, 0.15) is 18.4 Å². The van der Waals surface area contributed by atoms with Gasteiger partial charge < -0.3 is 19.3 Å². The van der Waals surface area contributed by atoms with Gasteiger partial charge in [-0.1, -0.05) is 18.2 Å². The minimum absolute atomic E-state index is 0.112. The predicted molar refractivity (Wildman–Crippen MR) is 92.5 cm³/mol. The zero-order chi connectivity index (χ0) is 17.2. The van der Waals surface area contributed by atoms with Gasteiger partial charge >= 0.3 is 0 Å². The highest BCUT2D eigenvalue weighted by atomic mass is 16.5. The van der Waals surface area contributed by atoms with Gasteiger partial charge in [0.1, 0.15) is 18.0 Å². The summed E-state index contributed by atoms with van der Waals surface area (Å²) in [6.45, 7) is 3.41. The zero-order valence-corrected chi connectivity index (χ0v) is 14.1. The fraction of sp³-hybridized carbons (Fsp3) is 0.444. The number of hydrogen-bond donors (Lipinski definition) is 1. The van der Waals surface area contributed by atoms with E-state index in [4.69, 9.17) is 4.74 Å². The smallest absolute Gasteiger partial charge is 0.293 e. The predicted octanol–water partition coefficient (Wildman–Crippen LogP) is 1.50. The van der Waals surface area contributed by atoms with Crippen LogP contribution in [0.25, 0.3) is 0 Å². The molecule has 3 rings (SSSR count). The first-order valence-corrected chi connectivity index (χ1v) is 8.16. The number of rotatable bonds is 4. The van der Waals surface area contributed by atoms with Crippen molar-refractivity contribution in [3.63, 3.8) is 0 Å². The summed E-state index contributed by atoms with van der Waals surface area (Å²) in [5, 5.41) is 10.8. The molecule has 1 aromatic carbocycles. The van der Waals surface area contributed by atoms with Gasteiger partial charge in [-0.3, -0.25) is 4.79 Å². The maximum Gasteiger partial charge on any atom is 0.293 e. The molecule has 0 spiro atoms. The molecule has 1 aliphatic rings. The molecule has 0 saturated carbocycles. The fourth-order valence-electron chi connectivity index (χ4n) is 2.91. The molecule has 1 fully saturated rings. The third kappa shape index (κ3) is 3.43. The van der Waals surface area contributed by atoms with E-state index in [2.05, 4.69) is 4.98 Å². The minimum atomic E-state index is -0.876. The van der Waals surface area contributed by atoms with Crippen LogP contribution in [0.2, 0.25) is 0 Å². The fourth-order valence-corrected chi connectivity index (χ4v) is 2.91. The van der Waals surface area contributed by atoms with E-state index in [9.17, 15) is 9.90 Å². The van der Waals surface area contributed by atoms with Gasteiger partial charge in [0.2, 0.25) is 0 Å². The van der Waals surface area contributed by atoms with Gasteiger partial charge in [0.15, 0.2) is 5.82 Å². The SMILES string of the molecule is Cc1ccccc1OCC1(O)CCN(c2nccn(C)c2=O)CC1. The Bertz CT molecular complexity index is 764. The Labute approximate surface area is 141 Å². The molecule has 0 unspecified atom stereocenters. The highest BCUT2D eigenvalue weighted by molar-refractivity contribution is 5.36. The molecule has 128 valence electrons. The molecule has 1 saturated heterocycles. The quantitative estimate of drug-likeness (QED) is 0.921. The van der Waals surface area contributed by atoms with Crippen molar-refractivity contribution in [1.29, 1.82) is 0 Å². The summed E-state index contributed by atoms with van der Waals surface area (Å²) >= 11 is 0. The van der Waals surface area contributed by atoms with Gasteiger partial charge in [-0.2, -0.15) is 0 Å². The van der Waals surface area contributed by atoms with Gasteiger partial charge in [0.25, 0.3) is 5.56 Å². The number of piperidine rings is 1.